The standard InChI is InChI=1S/C22H34N6O/c1-22(2)10-17(9-18(29)11-22)28-15-25-19-20(23-14-24-21(19)28)27-8-5-16(13-27)12-26-6-3-4-7-26/h14-18,29H,3-13H2,1-2H3/t16?,17-,18+/m1/s1. The number of anilines is 1. The van der Waals surface area contributed by atoms with E-state index < -0.39 is 0 Å². The van der Waals surface area contributed by atoms with E-state index in [-0.39, 0.29) is 17.6 Å². The number of rotatable bonds is 4. The Hall–Kier alpha value is -1.73. The van der Waals surface area contributed by atoms with Gasteiger partial charge in [-0.25, -0.2) is 15.0 Å². The molecule has 2 saturated heterocycles. The second-order valence-corrected chi connectivity index (χ2v) is 10.2. The van der Waals surface area contributed by atoms with Crippen molar-refractivity contribution in [1.82, 2.24) is 24.4 Å². The van der Waals surface area contributed by atoms with Crippen molar-refractivity contribution in [2.45, 2.75) is 64.5 Å². The number of nitrogens with zero attached hydrogens (tertiary/aromatic N) is 6. The first-order chi connectivity index (χ1) is 14.0. The van der Waals surface area contributed by atoms with Gasteiger partial charge in [0, 0.05) is 25.7 Å². The Labute approximate surface area is 173 Å². The van der Waals surface area contributed by atoms with E-state index in [2.05, 4.69) is 38.2 Å². The molecule has 2 aliphatic heterocycles. The van der Waals surface area contributed by atoms with E-state index in [9.17, 15) is 5.11 Å². The molecule has 2 aromatic heterocycles. The molecule has 1 saturated carbocycles. The molecule has 4 heterocycles. The topological polar surface area (TPSA) is 70.3 Å². The van der Waals surface area contributed by atoms with E-state index in [1.807, 2.05) is 6.33 Å². The van der Waals surface area contributed by atoms with E-state index in [4.69, 9.17) is 4.98 Å². The maximum Gasteiger partial charge on any atom is 0.165 e. The third-order valence-electron chi connectivity index (χ3n) is 7.15. The van der Waals surface area contributed by atoms with Gasteiger partial charge >= 0.3 is 0 Å². The fraction of sp³-hybridized carbons (Fsp3) is 0.773. The molecule has 0 amide bonds. The lowest BCUT2D eigenvalue weighted by atomic mass is 9.73. The monoisotopic (exact) mass is 398 g/mol. The number of aliphatic hydroxyl groups is 1. The molecule has 0 spiro atoms. The molecule has 3 fully saturated rings. The molecule has 7 nitrogen and oxygen atoms in total. The summed E-state index contributed by atoms with van der Waals surface area (Å²) >= 11 is 0. The number of hydrogen-bond acceptors (Lipinski definition) is 6. The Bertz CT molecular complexity index is 858. The van der Waals surface area contributed by atoms with Gasteiger partial charge in [-0.15, -0.1) is 0 Å². The van der Waals surface area contributed by atoms with Gasteiger partial charge in [-0.1, -0.05) is 13.8 Å². The minimum absolute atomic E-state index is 0.131. The van der Waals surface area contributed by atoms with Gasteiger partial charge in [-0.3, -0.25) is 0 Å². The van der Waals surface area contributed by atoms with Crippen molar-refractivity contribution in [3.8, 4) is 0 Å². The Morgan fingerprint density at radius 3 is 2.72 bits per heavy atom. The summed E-state index contributed by atoms with van der Waals surface area (Å²) in [5.74, 6) is 1.70. The molecule has 2 aromatic rings. The molecule has 3 aliphatic rings. The fourth-order valence-corrected chi connectivity index (χ4v) is 5.89. The number of aromatic nitrogens is 4. The van der Waals surface area contributed by atoms with Crippen LogP contribution in [0.3, 0.4) is 0 Å². The fourth-order valence-electron chi connectivity index (χ4n) is 5.89. The summed E-state index contributed by atoms with van der Waals surface area (Å²) in [6.45, 7) is 10.3. The lowest BCUT2D eigenvalue weighted by Gasteiger charge is -2.38. The SMILES string of the molecule is CC1(C)C[C@@H](O)C[C@@H](n2cnc3c(N4CCC(CN5CCCC5)C4)ncnc32)C1. The quantitative estimate of drug-likeness (QED) is 0.854. The Balaban J connectivity index is 1.36. The van der Waals surface area contributed by atoms with Crippen LogP contribution in [-0.2, 0) is 0 Å². The summed E-state index contributed by atoms with van der Waals surface area (Å²) < 4.78 is 2.18. The van der Waals surface area contributed by atoms with Gasteiger partial charge in [0.25, 0.3) is 0 Å². The molecule has 1 N–H and O–H groups in total. The van der Waals surface area contributed by atoms with Gasteiger partial charge in [-0.2, -0.15) is 0 Å². The predicted molar refractivity (Wildman–Crippen MR) is 114 cm³/mol. The number of fused-ring (bicyclic) bond motifs is 1. The number of hydrogen-bond donors (Lipinski definition) is 1. The largest absolute Gasteiger partial charge is 0.393 e. The smallest absolute Gasteiger partial charge is 0.165 e. The average molecular weight is 399 g/mol. The molecule has 1 unspecified atom stereocenters. The lowest BCUT2D eigenvalue weighted by Crippen LogP contribution is -2.33. The van der Waals surface area contributed by atoms with Crippen molar-refractivity contribution in [2.24, 2.45) is 11.3 Å². The van der Waals surface area contributed by atoms with Crippen LogP contribution in [-0.4, -0.2) is 68.4 Å². The summed E-state index contributed by atoms with van der Waals surface area (Å²) in [5.41, 5.74) is 1.95. The highest BCUT2D eigenvalue weighted by Crippen LogP contribution is 2.42. The second kappa shape index (κ2) is 7.51. The maximum atomic E-state index is 10.4. The number of aliphatic hydroxyl groups excluding tert-OH is 1. The van der Waals surface area contributed by atoms with E-state index in [1.54, 1.807) is 6.33 Å². The van der Waals surface area contributed by atoms with Crippen LogP contribution in [0.1, 0.15) is 58.4 Å². The summed E-state index contributed by atoms with van der Waals surface area (Å²) in [5, 5.41) is 10.4. The molecular weight excluding hydrogens is 364 g/mol. The van der Waals surface area contributed by atoms with Crippen LogP contribution in [0.15, 0.2) is 12.7 Å². The van der Waals surface area contributed by atoms with E-state index in [1.165, 1.54) is 38.9 Å². The molecule has 1 aliphatic carbocycles. The zero-order valence-corrected chi connectivity index (χ0v) is 17.8. The first-order valence-electron chi connectivity index (χ1n) is 11.3. The Kier molecular flexibility index (Phi) is 4.98. The van der Waals surface area contributed by atoms with Crippen molar-refractivity contribution >= 4 is 17.0 Å². The lowest BCUT2D eigenvalue weighted by molar-refractivity contribution is 0.0387. The highest BCUT2D eigenvalue weighted by molar-refractivity contribution is 5.83. The van der Waals surface area contributed by atoms with E-state index in [0.717, 1.165) is 55.3 Å². The van der Waals surface area contributed by atoms with Crippen LogP contribution in [0.2, 0.25) is 0 Å². The van der Waals surface area contributed by atoms with Crippen LogP contribution in [0.25, 0.3) is 11.2 Å². The van der Waals surface area contributed by atoms with Crippen LogP contribution in [0.5, 0.6) is 0 Å². The van der Waals surface area contributed by atoms with Gasteiger partial charge in [0.05, 0.1) is 12.4 Å². The van der Waals surface area contributed by atoms with Gasteiger partial charge in [0.1, 0.15) is 6.33 Å². The average Bonchev–Trinajstić information content (AvgIpc) is 3.40. The molecular formula is C22H34N6O. The summed E-state index contributed by atoms with van der Waals surface area (Å²) in [7, 11) is 0. The van der Waals surface area contributed by atoms with E-state index >= 15 is 0 Å². The minimum Gasteiger partial charge on any atom is -0.393 e. The minimum atomic E-state index is -0.257. The van der Waals surface area contributed by atoms with Gasteiger partial charge in [-0.05, 0) is 62.9 Å². The zero-order valence-electron chi connectivity index (χ0n) is 17.8. The third kappa shape index (κ3) is 3.87. The molecule has 3 atom stereocenters. The van der Waals surface area contributed by atoms with Crippen molar-refractivity contribution in [2.75, 3.05) is 37.6 Å². The van der Waals surface area contributed by atoms with Crippen molar-refractivity contribution < 1.29 is 5.11 Å². The third-order valence-corrected chi connectivity index (χ3v) is 7.15. The van der Waals surface area contributed by atoms with Crippen molar-refractivity contribution in [3.05, 3.63) is 12.7 Å². The second-order valence-electron chi connectivity index (χ2n) is 10.2. The van der Waals surface area contributed by atoms with Gasteiger partial charge in [0.2, 0.25) is 0 Å². The highest BCUT2D eigenvalue weighted by Gasteiger charge is 2.35. The normalized spacial score (nSPS) is 30.4. The molecule has 7 heteroatoms. The highest BCUT2D eigenvalue weighted by atomic mass is 16.3. The first-order valence-corrected chi connectivity index (χ1v) is 11.3. The Morgan fingerprint density at radius 2 is 1.93 bits per heavy atom. The molecule has 5 rings (SSSR count). The predicted octanol–water partition coefficient (Wildman–Crippen LogP) is 2.86. The van der Waals surface area contributed by atoms with E-state index in [0.29, 0.717) is 0 Å². The maximum absolute atomic E-state index is 10.4. The van der Waals surface area contributed by atoms with Crippen LogP contribution >= 0.6 is 0 Å². The number of imidazole rings is 1. The molecule has 29 heavy (non-hydrogen) atoms. The molecule has 0 bridgehead atoms. The zero-order chi connectivity index (χ0) is 20.0. The number of likely N-dealkylation sites (tertiary alicyclic amines) is 1. The Morgan fingerprint density at radius 1 is 1.10 bits per heavy atom. The molecule has 0 aromatic carbocycles. The van der Waals surface area contributed by atoms with Crippen LogP contribution < -0.4 is 4.90 Å². The molecule has 158 valence electrons. The van der Waals surface area contributed by atoms with Crippen LogP contribution in [0.4, 0.5) is 5.82 Å². The van der Waals surface area contributed by atoms with Gasteiger partial charge in [0.15, 0.2) is 17.0 Å². The van der Waals surface area contributed by atoms with Crippen molar-refractivity contribution in [3.63, 3.8) is 0 Å². The van der Waals surface area contributed by atoms with Crippen LogP contribution in [0, 0.1) is 11.3 Å². The van der Waals surface area contributed by atoms with Crippen molar-refractivity contribution in [1.29, 1.82) is 0 Å². The summed E-state index contributed by atoms with van der Waals surface area (Å²) in [6.07, 6.45) is 9.96. The van der Waals surface area contributed by atoms with Gasteiger partial charge < -0.3 is 19.5 Å². The summed E-state index contributed by atoms with van der Waals surface area (Å²) in [4.78, 5) is 19.0. The summed E-state index contributed by atoms with van der Waals surface area (Å²) in [6, 6.07) is 0.239. The molecule has 0 radical (unpaired) electrons. The first kappa shape index (κ1) is 19.2.